The van der Waals surface area contributed by atoms with Crippen molar-refractivity contribution in [3.05, 3.63) is 29.3 Å². The smallest absolute Gasteiger partial charge is 0.227 e. The van der Waals surface area contributed by atoms with Gasteiger partial charge in [0.1, 0.15) is 0 Å². The number of benzene rings is 1. The average molecular weight is 248 g/mol. The van der Waals surface area contributed by atoms with Crippen molar-refractivity contribution in [3.8, 4) is 0 Å². The van der Waals surface area contributed by atoms with Crippen LogP contribution in [0.4, 0.5) is 5.69 Å². The molecule has 1 saturated heterocycles. The Morgan fingerprint density at radius 3 is 2.72 bits per heavy atom. The number of aryl methyl sites for hydroxylation is 2. The van der Waals surface area contributed by atoms with Crippen LogP contribution in [-0.4, -0.2) is 31.7 Å². The van der Waals surface area contributed by atoms with Crippen molar-refractivity contribution >= 4 is 11.6 Å². The van der Waals surface area contributed by atoms with Gasteiger partial charge in [0.2, 0.25) is 5.91 Å². The zero-order valence-electron chi connectivity index (χ0n) is 11.0. The molecule has 98 valence electrons. The first-order valence-corrected chi connectivity index (χ1v) is 6.34. The van der Waals surface area contributed by atoms with Crippen molar-refractivity contribution in [1.82, 2.24) is 5.32 Å². The van der Waals surface area contributed by atoms with E-state index in [4.69, 9.17) is 4.74 Å². The molecule has 4 nitrogen and oxygen atoms in total. The molecule has 4 heteroatoms. The summed E-state index contributed by atoms with van der Waals surface area (Å²) in [5, 5.41) is 6.14. The van der Waals surface area contributed by atoms with Crippen LogP contribution in [0.1, 0.15) is 17.5 Å². The summed E-state index contributed by atoms with van der Waals surface area (Å²) in [7, 11) is 0. The Balaban J connectivity index is 1.89. The molecule has 0 aromatic heterocycles. The van der Waals surface area contributed by atoms with E-state index in [1.165, 1.54) is 0 Å². The molecule has 1 aromatic carbocycles. The summed E-state index contributed by atoms with van der Waals surface area (Å²) in [6.45, 7) is 6.35. The topological polar surface area (TPSA) is 50.4 Å². The summed E-state index contributed by atoms with van der Waals surface area (Å²) < 4.78 is 5.51. The average Bonchev–Trinajstić information content (AvgIpc) is 2.28. The van der Waals surface area contributed by atoms with Gasteiger partial charge in [-0.05, 0) is 37.1 Å². The van der Waals surface area contributed by atoms with E-state index in [9.17, 15) is 4.79 Å². The van der Waals surface area contributed by atoms with Crippen LogP contribution in [0.5, 0.6) is 0 Å². The van der Waals surface area contributed by atoms with Crippen LogP contribution >= 0.6 is 0 Å². The van der Waals surface area contributed by atoms with Gasteiger partial charge in [-0.25, -0.2) is 0 Å². The lowest BCUT2D eigenvalue weighted by atomic mass is 10.1. The maximum absolute atomic E-state index is 11.9. The molecule has 2 N–H and O–H groups in total. The van der Waals surface area contributed by atoms with Crippen molar-refractivity contribution in [1.29, 1.82) is 0 Å². The van der Waals surface area contributed by atoms with Crippen molar-refractivity contribution in [2.24, 2.45) is 0 Å². The fraction of sp³-hybridized carbons (Fsp3) is 0.500. The van der Waals surface area contributed by atoms with Crippen LogP contribution in [0.2, 0.25) is 0 Å². The summed E-state index contributed by atoms with van der Waals surface area (Å²) in [5.41, 5.74) is 3.17. The standard InChI is InChI=1S/C14H20N2O2/c1-10-5-11(2)7-12(6-10)16-14(17)8-13-9-15-3-4-18-13/h5-7,13,15H,3-4,8-9H2,1-2H3,(H,16,17). The van der Waals surface area contributed by atoms with Gasteiger partial charge in [-0.1, -0.05) is 6.07 Å². The first-order chi connectivity index (χ1) is 8.63. The third-order valence-corrected chi connectivity index (χ3v) is 2.92. The Bertz CT molecular complexity index is 406. The van der Waals surface area contributed by atoms with Crippen LogP contribution in [0.15, 0.2) is 18.2 Å². The van der Waals surface area contributed by atoms with E-state index in [0.29, 0.717) is 13.0 Å². The molecule has 18 heavy (non-hydrogen) atoms. The van der Waals surface area contributed by atoms with Gasteiger partial charge in [-0.15, -0.1) is 0 Å². The van der Waals surface area contributed by atoms with E-state index in [-0.39, 0.29) is 12.0 Å². The molecule has 1 aliphatic rings. The molecular weight excluding hydrogens is 228 g/mol. The second-order valence-corrected chi connectivity index (χ2v) is 4.83. The second-order valence-electron chi connectivity index (χ2n) is 4.83. The molecule has 2 rings (SSSR count). The molecule has 0 radical (unpaired) electrons. The van der Waals surface area contributed by atoms with Gasteiger partial charge >= 0.3 is 0 Å². The van der Waals surface area contributed by atoms with E-state index < -0.39 is 0 Å². The summed E-state index contributed by atoms with van der Waals surface area (Å²) in [6, 6.07) is 6.04. The third kappa shape index (κ3) is 3.82. The SMILES string of the molecule is Cc1cc(C)cc(NC(=O)CC2CNCCO2)c1. The normalized spacial score (nSPS) is 19.6. The fourth-order valence-electron chi connectivity index (χ4n) is 2.22. The highest BCUT2D eigenvalue weighted by molar-refractivity contribution is 5.91. The molecule has 0 bridgehead atoms. The number of rotatable bonds is 3. The number of hydrogen-bond acceptors (Lipinski definition) is 3. The fourth-order valence-corrected chi connectivity index (χ4v) is 2.22. The maximum atomic E-state index is 11.9. The van der Waals surface area contributed by atoms with E-state index >= 15 is 0 Å². The Morgan fingerprint density at radius 1 is 1.39 bits per heavy atom. The number of carbonyl (C=O) groups is 1. The van der Waals surface area contributed by atoms with E-state index in [1.54, 1.807) is 0 Å². The lowest BCUT2D eigenvalue weighted by Crippen LogP contribution is -2.40. The number of hydrogen-bond donors (Lipinski definition) is 2. The van der Waals surface area contributed by atoms with Crippen molar-refractivity contribution in [2.45, 2.75) is 26.4 Å². The van der Waals surface area contributed by atoms with Gasteiger partial charge in [0.05, 0.1) is 19.1 Å². The Labute approximate surface area is 108 Å². The van der Waals surface area contributed by atoms with Crippen LogP contribution in [-0.2, 0) is 9.53 Å². The minimum absolute atomic E-state index is 0.00806. The van der Waals surface area contributed by atoms with Crippen molar-refractivity contribution in [3.63, 3.8) is 0 Å². The molecule has 0 saturated carbocycles. The van der Waals surface area contributed by atoms with E-state index in [2.05, 4.69) is 16.7 Å². The lowest BCUT2D eigenvalue weighted by molar-refractivity contribution is -0.119. The zero-order valence-corrected chi connectivity index (χ0v) is 11.0. The molecular formula is C14H20N2O2. The predicted molar refractivity (Wildman–Crippen MR) is 71.8 cm³/mol. The molecule has 1 atom stereocenters. The monoisotopic (exact) mass is 248 g/mol. The second kappa shape index (κ2) is 5.98. The summed E-state index contributed by atoms with van der Waals surface area (Å²) >= 11 is 0. The molecule has 1 aliphatic heterocycles. The molecule has 1 fully saturated rings. The van der Waals surface area contributed by atoms with E-state index in [0.717, 1.165) is 29.9 Å². The van der Waals surface area contributed by atoms with Gasteiger partial charge in [-0.3, -0.25) is 4.79 Å². The highest BCUT2D eigenvalue weighted by Gasteiger charge is 2.17. The van der Waals surface area contributed by atoms with Gasteiger partial charge < -0.3 is 15.4 Å². The number of nitrogens with one attached hydrogen (secondary N) is 2. The van der Waals surface area contributed by atoms with Gasteiger partial charge in [0, 0.05) is 18.8 Å². The Hall–Kier alpha value is -1.39. The summed E-state index contributed by atoms with van der Waals surface area (Å²) in [4.78, 5) is 11.9. The minimum atomic E-state index is -0.00958. The quantitative estimate of drug-likeness (QED) is 0.854. The Kier molecular flexibility index (Phi) is 4.33. The number of carbonyl (C=O) groups excluding carboxylic acids is 1. The van der Waals surface area contributed by atoms with Crippen LogP contribution < -0.4 is 10.6 Å². The number of amides is 1. The minimum Gasteiger partial charge on any atom is -0.375 e. The zero-order chi connectivity index (χ0) is 13.0. The highest BCUT2D eigenvalue weighted by atomic mass is 16.5. The van der Waals surface area contributed by atoms with Crippen LogP contribution in [0.25, 0.3) is 0 Å². The molecule has 0 spiro atoms. The van der Waals surface area contributed by atoms with Crippen LogP contribution in [0.3, 0.4) is 0 Å². The highest BCUT2D eigenvalue weighted by Crippen LogP contribution is 2.14. The van der Waals surface area contributed by atoms with Crippen molar-refractivity contribution in [2.75, 3.05) is 25.0 Å². The van der Waals surface area contributed by atoms with Gasteiger partial charge in [0.15, 0.2) is 0 Å². The third-order valence-electron chi connectivity index (χ3n) is 2.92. The number of anilines is 1. The molecule has 1 aromatic rings. The maximum Gasteiger partial charge on any atom is 0.227 e. The summed E-state index contributed by atoms with van der Waals surface area (Å²) in [6.07, 6.45) is 0.393. The molecule has 1 unspecified atom stereocenters. The molecule has 1 heterocycles. The van der Waals surface area contributed by atoms with Crippen molar-refractivity contribution < 1.29 is 9.53 Å². The van der Waals surface area contributed by atoms with Crippen LogP contribution in [0, 0.1) is 13.8 Å². The van der Waals surface area contributed by atoms with Gasteiger partial charge in [0.25, 0.3) is 0 Å². The van der Waals surface area contributed by atoms with E-state index in [1.807, 2.05) is 26.0 Å². The predicted octanol–water partition coefficient (Wildman–Crippen LogP) is 1.62. The number of morpholine rings is 1. The first-order valence-electron chi connectivity index (χ1n) is 6.34. The number of ether oxygens (including phenoxy) is 1. The first kappa shape index (κ1) is 13.1. The molecule has 1 amide bonds. The van der Waals surface area contributed by atoms with Gasteiger partial charge in [-0.2, -0.15) is 0 Å². The molecule has 0 aliphatic carbocycles. The lowest BCUT2D eigenvalue weighted by Gasteiger charge is -2.23. The summed E-state index contributed by atoms with van der Waals surface area (Å²) in [5.74, 6) is 0.00806. The Morgan fingerprint density at radius 2 is 2.11 bits per heavy atom. The largest absolute Gasteiger partial charge is 0.375 e.